The van der Waals surface area contributed by atoms with E-state index in [-0.39, 0.29) is 29.1 Å². The number of benzene rings is 1. The molecule has 1 aliphatic rings. The fourth-order valence-corrected chi connectivity index (χ4v) is 4.85. The predicted molar refractivity (Wildman–Crippen MR) is 105 cm³/mol. The van der Waals surface area contributed by atoms with Crippen LogP contribution in [0.1, 0.15) is 16.9 Å². The second-order valence-electron chi connectivity index (χ2n) is 6.51. The molecule has 1 atom stereocenters. The molecule has 1 amide bonds. The lowest BCUT2D eigenvalue weighted by Crippen LogP contribution is -2.21. The first-order chi connectivity index (χ1) is 13.0. The summed E-state index contributed by atoms with van der Waals surface area (Å²) in [5.41, 5.74) is 2.24. The van der Waals surface area contributed by atoms with Crippen LogP contribution in [0.4, 0.5) is 11.4 Å². The number of hydrogen-bond donors (Lipinski definition) is 2. The van der Waals surface area contributed by atoms with Crippen LogP contribution in [-0.2, 0) is 9.84 Å². The van der Waals surface area contributed by atoms with E-state index in [0.717, 1.165) is 5.39 Å². The number of carbonyl (C=O) groups is 1. The van der Waals surface area contributed by atoms with Gasteiger partial charge in [-0.3, -0.25) is 14.8 Å². The van der Waals surface area contributed by atoms with Crippen LogP contribution in [0.15, 0.2) is 54.9 Å². The van der Waals surface area contributed by atoms with Crippen LogP contribution in [0.5, 0.6) is 0 Å². The van der Waals surface area contributed by atoms with Crippen molar-refractivity contribution in [3.8, 4) is 0 Å². The molecule has 0 bridgehead atoms. The van der Waals surface area contributed by atoms with Crippen molar-refractivity contribution in [2.24, 2.45) is 0 Å². The highest BCUT2D eigenvalue weighted by Gasteiger charge is 2.27. The van der Waals surface area contributed by atoms with E-state index in [0.29, 0.717) is 23.3 Å². The van der Waals surface area contributed by atoms with Gasteiger partial charge in [0.2, 0.25) is 0 Å². The van der Waals surface area contributed by atoms with Crippen molar-refractivity contribution in [1.29, 1.82) is 0 Å². The number of nitrogens with one attached hydrogen (secondary N) is 2. The maximum atomic E-state index is 12.6. The molecular weight excluding hydrogens is 364 g/mol. The van der Waals surface area contributed by atoms with Gasteiger partial charge in [-0.05, 0) is 30.7 Å². The quantitative estimate of drug-likeness (QED) is 0.719. The van der Waals surface area contributed by atoms with E-state index in [1.54, 1.807) is 24.4 Å². The number of amides is 1. The predicted octanol–water partition coefficient (Wildman–Crippen LogP) is 2.48. The summed E-state index contributed by atoms with van der Waals surface area (Å²) < 4.78 is 23.2. The van der Waals surface area contributed by atoms with Gasteiger partial charge in [0.15, 0.2) is 9.84 Å². The van der Waals surface area contributed by atoms with Gasteiger partial charge >= 0.3 is 0 Å². The van der Waals surface area contributed by atoms with E-state index in [1.807, 2.05) is 24.3 Å². The van der Waals surface area contributed by atoms with Gasteiger partial charge in [0, 0.05) is 29.5 Å². The monoisotopic (exact) mass is 382 g/mol. The standard InChI is InChI=1S/C19H18N4O3S/c24-19(23-16-5-1-3-13-4-2-8-21-18(13)16)17-11-14(6-9-20-17)22-15-7-10-27(25,26)12-15/h1-6,8-9,11,15H,7,10,12H2,(H,20,22)(H,23,24). The average molecular weight is 382 g/mol. The lowest BCUT2D eigenvalue weighted by atomic mass is 10.2. The SMILES string of the molecule is O=C(Nc1cccc2cccnc12)c1cc(NC2CCS(=O)(=O)C2)ccn1. The van der Waals surface area contributed by atoms with E-state index in [2.05, 4.69) is 20.6 Å². The molecule has 2 aromatic heterocycles. The minimum Gasteiger partial charge on any atom is -0.381 e. The largest absolute Gasteiger partial charge is 0.381 e. The van der Waals surface area contributed by atoms with E-state index < -0.39 is 9.84 Å². The molecule has 3 heterocycles. The van der Waals surface area contributed by atoms with Crippen LogP contribution in [0.2, 0.25) is 0 Å². The third-order valence-corrected chi connectivity index (χ3v) is 6.24. The normalized spacial score (nSPS) is 18.3. The highest BCUT2D eigenvalue weighted by molar-refractivity contribution is 7.91. The van der Waals surface area contributed by atoms with Crippen molar-refractivity contribution in [3.05, 3.63) is 60.6 Å². The molecule has 3 aromatic rings. The lowest BCUT2D eigenvalue weighted by Gasteiger charge is -2.13. The number of nitrogens with zero attached hydrogens (tertiary/aromatic N) is 2. The first-order valence-electron chi connectivity index (χ1n) is 8.58. The smallest absolute Gasteiger partial charge is 0.274 e. The van der Waals surface area contributed by atoms with Crippen molar-refractivity contribution in [2.45, 2.75) is 12.5 Å². The first-order valence-corrected chi connectivity index (χ1v) is 10.4. The number of rotatable bonds is 4. The summed E-state index contributed by atoms with van der Waals surface area (Å²) in [7, 11) is -2.97. The Morgan fingerprint density at radius 3 is 2.74 bits per heavy atom. The van der Waals surface area contributed by atoms with Crippen molar-refractivity contribution in [1.82, 2.24) is 9.97 Å². The zero-order valence-corrected chi connectivity index (χ0v) is 15.2. The van der Waals surface area contributed by atoms with E-state index in [4.69, 9.17) is 0 Å². The van der Waals surface area contributed by atoms with Crippen LogP contribution in [0, 0.1) is 0 Å². The fraction of sp³-hybridized carbons (Fsp3) is 0.211. The molecule has 1 aromatic carbocycles. The summed E-state index contributed by atoms with van der Waals surface area (Å²) in [6.07, 6.45) is 3.77. The van der Waals surface area contributed by atoms with Crippen molar-refractivity contribution >= 4 is 38.0 Å². The third-order valence-electron chi connectivity index (χ3n) is 4.48. The molecule has 0 radical (unpaired) electrons. The zero-order valence-electron chi connectivity index (χ0n) is 14.4. The zero-order chi connectivity index (χ0) is 18.9. The Morgan fingerprint density at radius 2 is 1.93 bits per heavy atom. The molecule has 27 heavy (non-hydrogen) atoms. The Balaban J connectivity index is 1.52. The number of hydrogen-bond acceptors (Lipinski definition) is 6. The molecule has 7 nitrogen and oxygen atoms in total. The molecule has 0 aliphatic carbocycles. The minimum absolute atomic E-state index is 0.110. The Kier molecular flexibility index (Phi) is 4.49. The molecule has 1 unspecified atom stereocenters. The summed E-state index contributed by atoms with van der Waals surface area (Å²) in [4.78, 5) is 21.1. The van der Waals surface area contributed by atoms with E-state index in [9.17, 15) is 13.2 Å². The fourth-order valence-electron chi connectivity index (χ4n) is 3.18. The van der Waals surface area contributed by atoms with Gasteiger partial charge in [0.25, 0.3) is 5.91 Å². The van der Waals surface area contributed by atoms with Gasteiger partial charge in [0.1, 0.15) is 5.69 Å². The minimum atomic E-state index is -2.97. The molecule has 0 spiro atoms. The summed E-state index contributed by atoms with van der Waals surface area (Å²) in [6.45, 7) is 0. The number of sulfone groups is 1. The topological polar surface area (TPSA) is 101 Å². The summed E-state index contributed by atoms with van der Waals surface area (Å²) >= 11 is 0. The Labute approximate surface area is 156 Å². The van der Waals surface area contributed by atoms with Gasteiger partial charge in [-0.25, -0.2) is 8.42 Å². The molecule has 138 valence electrons. The molecule has 2 N–H and O–H groups in total. The molecular formula is C19H18N4O3S. The number of carbonyl (C=O) groups excluding carboxylic acids is 1. The number of pyridine rings is 2. The second kappa shape index (κ2) is 6.96. The van der Waals surface area contributed by atoms with Crippen LogP contribution >= 0.6 is 0 Å². The molecule has 1 fully saturated rings. The number of fused-ring (bicyclic) bond motifs is 1. The molecule has 0 saturated carbocycles. The second-order valence-corrected chi connectivity index (χ2v) is 8.74. The van der Waals surface area contributed by atoms with Crippen molar-refractivity contribution < 1.29 is 13.2 Å². The third kappa shape index (κ3) is 3.90. The van der Waals surface area contributed by atoms with Gasteiger partial charge in [-0.2, -0.15) is 0 Å². The van der Waals surface area contributed by atoms with Crippen LogP contribution < -0.4 is 10.6 Å². The van der Waals surface area contributed by atoms with Crippen molar-refractivity contribution in [3.63, 3.8) is 0 Å². The van der Waals surface area contributed by atoms with E-state index in [1.165, 1.54) is 6.20 Å². The van der Waals surface area contributed by atoms with Crippen LogP contribution in [-0.4, -0.2) is 41.8 Å². The van der Waals surface area contributed by atoms with Gasteiger partial charge in [-0.15, -0.1) is 0 Å². The lowest BCUT2D eigenvalue weighted by molar-refractivity contribution is 0.102. The van der Waals surface area contributed by atoms with Crippen LogP contribution in [0.3, 0.4) is 0 Å². The van der Waals surface area contributed by atoms with Gasteiger partial charge < -0.3 is 10.6 Å². The summed E-state index contributed by atoms with van der Waals surface area (Å²) in [5, 5.41) is 6.95. The van der Waals surface area contributed by atoms with E-state index >= 15 is 0 Å². The van der Waals surface area contributed by atoms with Crippen LogP contribution in [0.25, 0.3) is 10.9 Å². The van der Waals surface area contributed by atoms with Crippen molar-refractivity contribution in [2.75, 3.05) is 22.1 Å². The highest BCUT2D eigenvalue weighted by atomic mass is 32.2. The number of para-hydroxylation sites is 1. The summed E-state index contributed by atoms with van der Waals surface area (Å²) in [6, 6.07) is 12.5. The maximum absolute atomic E-state index is 12.6. The molecule has 1 saturated heterocycles. The number of aromatic nitrogens is 2. The molecule has 1 aliphatic heterocycles. The molecule has 8 heteroatoms. The van der Waals surface area contributed by atoms with Gasteiger partial charge in [0.05, 0.1) is 22.7 Å². The Hall–Kier alpha value is -3.00. The highest BCUT2D eigenvalue weighted by Crippen LogP contribution is 2.22. The first kappa shape index (κ1) is 17.4. The average Bonchev–Trinajstić information content (AvgIpc) is 3.00. The van der Waals surface area contributed by atoms with Gasteiger partial charge in [-0.1, -0.05) is 18.2 Å². The summed E-state index contributed by atoms with van der Waals surface area (Å²) in [5.74, 6) is -0.0498. The molecule has 4 rings (SSSR count). The Bertz CT molecular complexity index is 1110. The Morgan fingerprint density at radius 1 is 1.07 bits per heavy atom. The maximum Gasteiger partial charge on any atom is 0.274 e. The number of anilines is 2.